The van der Waals surface area contributed by atoms with Crippen LogP contribution in [0.25, 0.3) is 0 Å². The van der Waals surface area contributed by atoms with Crippen LogP contribution in [-0.4, -0.2) is 30.7 Å². The molecule has 1 saturated heterocycles. The summed E-state index contributed by atoms with van der Waals surface area (Å²) in [6.45, 7) is 4.48. The monoisotopic (exact) mass is 214 g/mol. The van der Waals surface area contributed by atoms with E-state index in [0.29, 0.717) is 19.1 Å². The van der Waals surface area contributed by atoms with Crippen LogP contribution in [0.3, 0.4) is 0 Å². The van der Waals surface area contributed by atoms with Crippen LogP contribution in [0.15, 0.2) is 0 Å². The van der Waals surface area contributed by atoms with Crippen molar-refractivity contribution in [3.63, 3.8) is 0 Å². The number of nitrogens with one attached hydrogen (secondary N) is 1. The van der Waals surface area contributed by atoms with E-state index in [0.717, 1.165) is 19.3 Å². The van der Waals surface area contributed by atoms with E-state index in [1.165, 1.54) is 0 Å². The van der Waals surface area contributed by atoms with Crippen molar-refractivity contribution in [2.45, 2.75) is 57.8 Å². The first-order chi connectivity index (χ1) is 7.11. The van der Waals surface area contributed by atoms with E-state index in [-0.39, 0.29) is 18.1 Å². The van der Waals surface area contributed by atoms with Gasteiger partial charge >= 0.3 is 0 Å². The van der Waals surface area contributed by atoms with Crippen LogP contribution >= 0.6 is 0 Å². The molecule has 0 radical (unpaired) electrons. The maximum atomic E-state index is 11.4. The fourth-order valence-electron chi connectivity index (χ4n) is 1.80. The van der Waals surface area contributed by atoms with Crippen molar-refractivity contribution in [3.8, 4) is 0 Å². The van der Waals surface area contributed by atoms with Gasteiger partial charge in [0.15, 0.2) is 0 Å². The zero-order valence-corrected chi connectivity index (χ0v) is 9.66. The summed E-state index contributed by atoms with van der Waals surface area (Å²) in [5.74, 6) is 0.0797. The molecule has 88 valence electrons. The lowest BCUT2D eigenvalue weighted by Gasteiger charge is -2.13. The van der Waals surface area contributed by atoms with E-state index in [9.17, 15) is 4.79 Å². The summed E-state index contributed by atoms with van der Waals surface area (Å²) in [5, 5.41) is 2.85. The predicted octanol–water partition coefficient (Wildman–Crippen LogP) is 0.798. The summed E-state index contributed by atoms with van der Waals surface area (Å²) >= 11 is 0. The Morgan fingerprint density at radius 2 is 2.33 bits per heavy atom. The Morgan fingerprint density at radius 3 is 2.87 bits per heavy atom. The molecule has 3 N–H and O–H groups in total. The van der Waals surface area contributed by atoms with E-state index in [4.69, 9.17) is 10.5 Å². The SMILES string of the molecule is CC1CCC(CCC(=O)N[C@H](C)CN)O1. The van der Waals surface area contributed by atoms with E-state index in [2.05, 4.69) is 12.2 Å². The average Bonchev–Trinajstić information content (AvgIpc) is 2.61. The minimum atomic E-state index is 0.0703. The summed E-state index contributed by atoms with van der Waals surface area (Å²) in [6.07, 6.45) is 4.21. The number of carbonyl (C=O) groups excluding carboxylic acids is 1. The van der Waals surface area contributed by atoms with Gasteiger partial charge in [-0.25, -0.2) is 0 Å². The number of hydrogen-bond acceptors (Lipinski definition) is 3. The second-order valence-corrected chi connectivity index (χ2v) is 4.39. The fourth-order valence-corrected chi connectivity index (χ4v) is 1.80. The van der Waals surface area contributed by atoms with Crippen LogP contribution < -0.4 is 11.1 Å². The molecule has 0 aromatic heterocycles. The Hall–Kier alpha value is -0.610. The lowest BCUT2D eigenvalue weighted by Crippen LogP contribution is -2.38. The van der Waals surface area contributed by atoms with Gasteiger partial charge in [-0.3, -0.25) is 4.79 Å². The maximum Gasteiger partial charge on any atom is 0.220 e. The van der Waals surface area contributed by atoms with E-state index >= 15 is 0 Å². The second-order valence-electron chi connectivity index (χ2n) is 4.39. The van der Waals surface area contributed by atoms with Crippen molar-refractivity contribution in [3.05, 3.63) is 0 Å². The predicted molar refractivity (Wildman–Crippen MR) is 59.5 cm³/mol. The molecule has 0 saturated carbocycles. The maximum absolute atomic E-state index is 11.4. The molecular weight excluding hydrogens is 192 g/mol. The molecule has 1 fully saturated rings. The van der Waals surface area contributed by atoms with Gasteiger partial charge in [0.2, 0.25) is 5.91 Å². The Morgan fingerprint density at radius 1 is 1.60 bits per heavy atom. The molecule has 1 rings (SSSR count). The van der Waals surface area contributed by atoms with Gasteiger partial charge in [0.1, 0.15) is 0 Å². The first kappa shape index (κ1) is 12.5. The molecule has 0 spiro atoms. The standard InChI is InChI=1S/C11H22N2O2/c1-8(7-12)13-11(14)6-5-10-4-3-9(2)15-10/h8-10H,3-7,12H2,1-2H3,(H,13,14)/t8-,9?,10?/m1/s1. The molecule has 1 amide bonds. The number of ether oxygens (including phenoxy) is 1. The fraction of sp³-hybridized carbons (Fsp3) is 0.909. The molecule has 0 aromatic rings. The van der Waals surface area contributed by atoms with Crippen LogP contribution in [0.1, 0.15) is 39.5 Å². The van der Waals surface area contributed by atoms with E-state index < -0.39 is 0 Å². The highest BCUT2D eigenvalue weighted by atomic mass is 16.5. The molecule has 0 aromatic carbocycles. The van der Waals surface area contributed by atoms with E-state index in [1.54, 1.807) is 0 Å². The number of nitrogens with two attached hydrogens (primary N) is 1. The second kappa shape index (κ2) is 6.08. The molecule has 1 heterocycles. The Kier molecular flexibility index (Phi) is 5.05. The quantitative estimate of drug-likeness (QED) is 0.711. The molecule has 0 aliphatic carbocycles. The van der Waals surface area contributed by atoms with Gasteiger partial charge in [0.05, 0.1) is 12.2 Å². The van der Waals surface area contributed by atoms with Gasteiger partial charge in [0, 0.05) is 19.0 Å². The number of carbonyl (C=O) groups is 1. The molecule has 2 unspecified atom stereocenters. The van der Waals surface area contributed by atoms with Crippen LogP contribution in [-0.2, 0) is 9.53 Å². The van der Waals surface area contributed by atoms with Gasteiger partial charge in [-0.1, -0.05) is 0 Å². The van der Waals surface area contributed by atoms with Crippen molar-refractivity contribution < 1.29 is 9.53 Å². The first-order valence-electron chi connectivity index (χ1n) is 5.76. The highest BCUT2D eigenvalue weighted by Gasteiger charge is 2.22. The third-order valence-corrected chi connectivity index (χ3v) is 2.77. The Balaban J connectivity index is 2.11. The first-order valence-corrected chi connectivity index (χ1v) is 5.76. The average molecular weight is 214 g/mol. The molecular formula is C11H22N2O2. The topological polar surface area (TPSA) is 64.4 Å². The van der Waals surface area contributed by atoms with Crippen LogP contribution in [0.2, 0.25) is 0 Å². The van der Waals surface area contributed by atoms with Crippen molar-refractivity contribution >= 4 is 5.91 Å². The van der Waals surface area contributed by atoms with Crippen molar-refractivity contribution in [1.82, 2.24) is 5.32 Å². The zero-order valence-electron chi connectivity index (χ0n) is 9.66. The summed E-state index contributed by atoms with van der Waals surface area (Å²) in [7, 11) is 0. The molecule has 15 heavy (non-hydrogen) atoms. The lowest BCUT2D eigenvalue weighted by molar-refractivity contribution is -0.122. The zero-order chi connectivity index (χ0) is 11.3. The van der Waals surface area contributed by atoms with Gasteiger partial charge < -0.3 is 15.8 Å². The van der Waals surface area contributed by atoms with Crippen molar-refractivity contribution in [2.75, 3.05) is 6.54 Å². The lowest BCUT2D eigenvalue weighted by atomic mass is 10.1. The minimum absolute atomic E-state index is 0.0703. The van der Waals surface area contributed by atoms with Crippen molar-refractivity contribution in [2.24, 2.45) is 5.73 Å². The minimum Gasteiger partial charge on any atom is -0.375 e. The third kappa shape index (κ3) is 4.62. The van der Waals surface area contributed by atoms with Crippen molar-refractivity contribution in [1.29, 1.82) is 0 Å². The summed E-state index contributed by atoms with van der Waals surface area (Å²) < 4.78 is 5.64. The summed E-state index contributed by atoms with van der Waals surface area (Å²) in [4.78, 5) is 11.4. The molecule has 1 aliphatic heterocycles. The van der Waals surface area contributed by atoms with Gasteiger partial charge in [-0.15, -0.1) is 0 Å². The molecule has 0 bridgehead atoms. The summed E-state index contributed by atoms with van der Waals surface area (Å²) in [6, 6.07) is 0.0703. The van der Waals surface area contributed by atoms with Crippen LogP contribution in [0.4, 0.5) is 0 Å². The number of hydrogen-bond donors (Lipinski definition) is 2. The van der Waals surface area contributed by atoms with Crippen LogP contribution in [0.5, 0.6) is 0 Å². The third-order valence-electron chi connectivity index (χ3n) is 2.77. The molecule has 4 nitrogen and oxygen atoms in total. The van der Waals surface area contributed by atoms with Gasteiger partial charge in [-0.2, -0.15) is 0 Å². The summed E-state index contributed by atoms with van der Waals surface area (Å²) in [5.41, 5.74) is 5.42. The highest BCUT2D eigenvalue weighted by Crippen LogP contribution is 2.22. The highest BCUT2D eigenvalue weighted by molar-refractivity contribution is 5.76. The largest absolute Gasteiger partial charge is 0.375 e. The Bertz CT molecular complexity index is 209. The Labute approximate surface area is 91.5 Å². The normalized spacial score (nSPS) is 27.7. The van der Waals surface area contributed by atoms with E-state index in [1.807, 2.05) is 6.92 Å². The number of rotatable bonds is 5. The molecule has 1 aliphatic rings. The smallest absolute Gasteiger partial charge is 0.220 e. The molecule has 4 heteroatoms. The number of amides is 1. The molecule has 3 atom stereocenters. The van der Waals surface area contributed by atoms with Gasteiger partial charge in [0.25, 0.3) is 0 Å². The van der Waals surface area contributed by atoms with Gasteiger partial charge in [-0.05, 0) is 33.1 Å². The van der Waals surface area contributed by atoms with Crippen LogP contribution in [0, 0.1) is 0 Å².